The first-order chi connectivity index (χ1) is 9.04. The molecule has 1 aromatic rings. The largest absolute Gasteiger partial charge is 0.490 e. The molecule has 1 rings (SSSR count). The van der Waals surface area contributed by atoms with E-state index < -0.39 is 0 Å². The van der Waals surface area contributed by atoms with Gasteiger partial charge >= 0.3 is 0 Å². The van der Waals surface area contributed by atoms with Crippen LogP contribution in [-0.2, 0) is 4.74 Å². The first-order valence-corrected chi connectivity index (χ1v) is 7.09. The van der Waals surface area contributed by atoms with Gasteiger partial charge in [-0.25, -0.2) is 0 Å². The molecule has 0 aliphatic heterocycles. The number of hydrogen-bond acceptors (Lipinski definition) is 3. The average Bonchev–Trinajstić information content (AvgIpc) is 2.38. The van der Waals surface area contributed by atoms with Crippen LogP contribution in [0.3, 0.4) is 0 Å². The molecule has 3 nitrogen and oxygen atoms in total. The molecule has 4 heteroatoms. The maximum atomic E-state index is 6.20. The Balaban J connectivity index is 2.42. The fraction of sp³-hybridized carbons (Fsp3) is 0.600. The lowest BCUT2D eigenvalue weighted by atomic mass is 10.1. The summed E-state index contributed by atoms with van der Waals surface area (Å²) in [7, 11) is 1.93. The summed E-state index contributed by atoms with van der Waals surface area (Å²) < 4.78 is 11.1. The monoisotopic (exact) mass is 285 g/mol. The topological polar surface area (TPSA) is 30.5 Å². The van der Waals surface area contributed by atoms with Crippen molar-refractivity contribution < 1.29 is 9.47 Å². The Morgan fingerprint density at radius 3 is 2.53 bits per heavy atom. The third kappa shape index (κ3) is 5.81. The van der Waals surface area contributed by atoms with Gasteiger partial charge in [-0.2, -0.15) is 0 Å². The number of rotatable bonds is 8. The molecule has 0 aromatic heterocycles. The summed E-state index contributed by atoms with van der Waals surface area (Å²) in [5.74, 6) is 1.26. The van der Waals surface area contributed by atoms with Gasteiger partial charge in [-0.3, -0.25) is 0 Å². The highest BCUT2D eigenvalue weighted by molar-refractivity contribution is 6.32. The normalized spacial score (nSPS) is 12.7. The Morgan fingerprint density at radius 1 is 1.21 bits per heavy atom. The molecule has 1 aromatic carbocycles. The second-order valence-electron chi connectivity index (χ2n) is 5.02. The zero-order valence-electron chi connectivity index (χ0n) is 12.2. The molecule has 0 saturated carbocycles. The van der Waals surface area contributed by atoms with Crippen LogP contribution in [0.25, 0.3) is 0 Å². The standard InChI is InChI=1S/C15H24ClNO2/c1-11(2)10-18-7-8-19-15-6-5-13(9-14(15)16)12(3)17-4/h5-6,9,11-12,17H,7-8,10H2,1-4H3. The predicted octanol–water partition coefficient (Wildman–Crippen LogP) is 3.67. The van der Waals surface area contributed by atoms with Crippen LogP contribution in [0.1, 0.15) is 32.4 Å². The molecule has 0 radical (unpaired) electrons. The molecule has 0 bridgehead atoms. The fourth-order valence-corrected chi connectivity index (χ4v) is 1.84. The Labute approximate surface area is 121 Å². The minimum absolute atomic E-state index is 0.279. The van der Waals surface area contributed by atoms with E-state index in [1.165, 1.54) is 0 Å². The van der Waals surface area contributed by atoms with E-state index in [1.807, 2.05) is 25.2 Å². The second-order valence-corrected chi connectivity index (χ2v) is 5.42. The third-order valence-electron chi connectivity index (χ3n) is 2.83. The molecular weight excluding hydrogens is 262 g/mol. The molecule has 108 valence electrons. The van der Waals surface area contributed by atoms with Gasteiger partial charge in [-0.05, 0) is 37.6 Å². The van der Waals surface area contributed by atoms with E-state index in [1.54, 1.807) is 0 Å². The summed E-state index contributed by atoms with van der Waals surface area (Å²) >= 11 is 6.20. The molecule has 1 unspecified atom stereocenters. The number of halogens is 1. The Morgan fingerprint density at radius 2 is 1.95 bits per heavy atom. The summed E-state index contributed by atoms with van der Waals surface area (Å²) in [4.78, 5) is 0. The molecule has 19 heavy (non-hydrogen) atoms. The SMILES string of the molecule is CNC(C)c1ccc(OCCOCC(C)C)c(Cl)c1. The number of ether oxygens (including phenoxy) is 2. The number of benzene rings is 1. The van der Waals surface area contributed by atoms with Crippen LogP contribution in [0.4, 0.5) is 0 Å². The molecule has 0 spiro atoms. The van der Waals surface area contributed by atoms with Crippen LogP contribution in [0.15, 0.2) is 18.2 Å². The van der Waals surface area contributed by atoms with Gasteiger partial charge in [-0.15, -0.1) is 0 Å². The first kappa shape index (κ1) is 16.3. The van der Waals surface area contributed by atoms with Gasteiger partial charge in [0.1, 0.15) is 12.4 Å². The molecule has 1 atom stereocenters. The minimum atomic E-state index is 0.279. The summed E-state index contributed by atoms with van der Waals surface area (Å²) in [6, 6.07) is 6.15. The fourth-order valence-electron chi connectivity index (χ4n) is 1.60. The van der Waals surface area contributed by atoms with Crippen molar-refractivity contribution in [2.75, 3.05) is 26.9 Å². The van der Waals surface area contributed by atoms with E-state index in [9.17, 15) is 0 Å². The molecule has 0 fully saturated rings. The van der Waals surface area contributed by atoms with Crippen LogP contribution in [-0.4, -0.2) is 26.9 Å². The van der Waals surface area contributed by atoms with Crippen LogP contribution >= 0.6 is 11.6 Å². The minimum Gasteiger partial charge on any atom is -0.490 e. The molecule has 0 saturated heterocycles. The highest BCUT2D eigenvalue weighted by atomic mass is 35.5. The second kappa shape index (κ2) is 8.41. The van der Waals surface area contributed by atoms with Crippen molar-refractivity contribution in [2.45, 2.75) is 26.8 Å². The summed E-state index contributed by atoms with van der Waals surface area (Å²) in [6.45, 7) is 8.21. The number of nitrogens with one attached hydrogen (secondary N) is 1. The highest BCUT2D eigenvalue weighted by Gasteiger charge is 2.07. The van der Waals surface area contributed by atoms with Gasteiger partial charge < -0.3 is 14.8 Å². The molecule has 0 aliphatic rings. The van der Waals surface area contributed by atoms with Gasteiger partial charge in [0.15, 0.2) is 0 Å². The van der Waals surface area contributed by atoms with Gasteiger partial charge in [0, 0.05) is 12.6 Å². The maximum absolute atomic E-state index is 6.20. The zero-order chi connectivity index (χ0) is 14.3. The molecule has 0 amide bonds. The average molecular weight is 286 g/mol. The molecular formula is C15H24ClNO2. The van der Waals surface area contributed by atoms with E-state index in [-0.39, 0.29) is 6.04 Å². The summed E-state index contributed by atoms with van der Waals surface area (Å²) in [5.41, 5.74) is 1.15. The summed E-state index contributed by atoms with van der Waals surface area (Å²) in [6.07, 6.45) is 0. The Hall–Kier alpha value is -0.770. The smallest absolute Gasteiger partial charge is 0.138 e. The zero-order valence-corrected chi connectivity index (χ0v) is 13.0. The van der Waals surface area contributed by atoms with Crippen molar-refractivity contribution in [1.82, 2.24) is 5.32 Å². The van der Waals surface area contributed by atoms with Crippen molar-refractivity contribution in [1.29, 1.82) is 0 Å². The molecule has 0 heterocycles. The lowest BCUT2D eigenvalue weighted by Crippen LogP contribution is -2.12. The third-order valence-corrected chi connectivity index (χ3v) is 3.12. The van der Waals surface area contributed by atoms with E-state index >= 15 is 0 Å². The maximum Gasteiger partial charge on any atom is 0.138 e. The van der Waals surface area contributed by atoms with Crippen LogP contribution in [0, 0.1) is 5.92 Å². The van der Waals surface area contributed by atoms with Crippen LogP contribution < -0.4 is 10.1 Å². The first-order valence-electron chi connectivity index (χ1n) is 6.71. The quantitative estimate of drug-likeness (QED) is 0.739. The van der Waals surface area contributed by atoms with E-state index in [0.717, 1.165) is 12.2 Å². The van der Waals surface area contributed by atoms with Crippen molar-refractivity contribution in [3.8, 4) is 5.75 Å². The lowest BCUT2D eigenvalue weighted by molar-refractivity contribution is 0.0819. The van der Waals surface area contributed by atoms with E-state index in [4.69, 9.17) is 21.1 Å². The lowest BCUT2D eigenvalue weighted by Gasteiger charge is -2.14. The van der Waals surface area contributed by atoms with Crippen molar-refractivity contribution in [2.24, 2.45) is 5.92 Å². The number of hydrogen-bond donors (Lipinski definition) is 1. The van der Waals surface area contributed by atoms with Crippen molar-refractivity contribution in [3.63, 3.8) is 0 Å². The van der Waals surface area contributed by atoms with Crippen molar-refractivity contribution in [3.05, 3.63) is 28.8 Å². The Bertz CT molecular complexity index is 382. The van der Waals surface area contributed by atoms with E-state index in [0.29, 0.717) is 29.9 Å². The van der Waals surface area contributed by atoms with Gasteiger partial charge in [0.05, 0.1) is 11.6 Å². The van der Waals surface area contributed by atoms with Crippen LogP contribution in [0.5, 0.6) is 5.75 Å². The summed E-state index contributed by atoms with van der Waals surface area (Å²) in [5, 5.41) is 3.82. The van der Waals surface area contributed by atoms with Gasteiger partial charge in [0.2, 0.25) is 0 Å². The van der Waals surface area contributed by atoms with Crippen molar-refractivity contribution >= 4 is 11.6 Å². The Kier molecular flexibility index (Phi) is 7.21. The van der Waals surface area contributed by atoms with Gasteiger partial charge in [0.25, 0.3) is 0 Å². The van der Waals surface area contributed by atoms with E-state index in [2.05, 4.69) is 26.1 Å². The molecule has 0 aliphatic carbocycles. The predicted molar refractivity (Wildman–Crippen MR) is 80.1 cm³/mol. The van der Waals surface area contributed by atoms with Gasteiger partial charge in [-0.1, -0.05) is 31.5 Å². The van der Waals surface area contributed by atoms with Crippen LogP contribution in [0.2, 0.25) is 5.02 Å². The highest BCUT2D eigenvalue weighted by Crippen LogP contribution is 2.27. The molecule has 1 N–H and O–H groups in total.